The summed E-state index contributed by atoms with van der Waals surface area (Å²) in [5, 5.41) is 0.504. The Morgan fingerprint density at radius 1 is 0.857 bits per heavy atom. The minimum atomic E-state index is -2.51. The summed E-state index contributed by atoms with van der Waals surface area (Å²) in [6.07, 6.45) is 1.11. The highest BCUT2D eigenvalue weighted by molar-refractivity contribution is 5.84. The summed E-state index contributed by atoms with van der Waals surface area (Å²) in [4.78, 5) is 4.41. The van der Waals surface area contributed by atoms with E-state index in [4.69, 9.17) is 0 Å². The number of aromatic nitrogens is 1. The van der Waals surface area contributed by atoms with E-state index in [1.165, 1.54) is 6.07 Å². The number of hydrogen-bond donors (Lipinski definition) is 0. The molecule has 3 rings (SSSR count). The molecular formula is C18H13F2N. The fourth-order valence-corrected chi connectivity index (χ4v) is 2.24. The predicted molar refractivity (Wildman–Crippen MR) is 82.1 cm³/mol. The molecule has 0 radical (unpaired) electrons. The Balaban J connectivity index is 2.05. The first kappa shape index (κ1) is 13.4. The minimum Gasteiger partial charge on any atom is -0.248 e. The lowest BCUT2D eigenvalue weighted by molar-refractivity contribution is 0.153. The molecule has 0 amide bonds. The molecule has 21 heavy (non-hydrogen) atoms. The Morgan fingerprint density at radius 2 is 1.57 bits per heavy atom. The van der Waals surface area contributed by atoms with E-state index in [9.17, 15) is 8.78 Å². The third-order valence-corrected chi connectivity index (χ3v) is 3.25. The second-order valence-electron chi connectivity index (χ2n) is 4.70. The van der Waals surface area contributed by atoms with Gasteiger partial charge in [-0.2, -0.15) is 0 Å². The van der Waals surface area contributed by atoms with Gasteiger partial charge in [0.25, 0.3) is 6.43 Å². The zero-order chi connectivity index (χ0) is 14.7. The van der Waals surface area contributed by atoms with Crippen LogP contribution in [-0.4, -0.2) is 4.98 Å². The Bertz CT molecular complexity index is 780. The van der Waals surface area contributed by atoms with Crippen molar-refractivity contribution >= 4 is 23.1 Å². The number of rotatable bonds is 3. The van der Waals surface area contributed by atoms with Gasteiger partial charge < -0.3 is 0 Å². The van der Waals surface area contributed by atoms with E-state index in [-0.39, 0.29) is 5.56 Å². The van der Waals surface area contributed by atoms with E-state index < -0.39 is 6.43 Å². The Kier molecular flexibility index (Phi) is 3.73. The number of halogens is 2. The quantitative estimate of drug-likeness (QED) is 0.631. The Hall–Kier alpha value is -2.55. The second kappa shape index (κ2) is 5.83. The zero-order valence-corrected chi connectivity index (χ0v) is 11.2. The van der Waals surface area contributed by atoms with Crippen LogP contribution in [0.3, 0.4) is 0 Å². The van der Waals surface area contributed by atoms with Crippen molar-refractivity contribution < 1.29 is 8.78 Å². The van der Waals surface area contributed by atoms with Crippen molar-refractivity contribution in [2.75, 3.05) is 0 Å². The summed E-state index contributed by atoms with van der Waals surface area (Å²) in [6.45, 7) is 0. The van der Waals surface area contributed by atoms with Crippen LogP contribution >= 0.6 is 0 Å². The van der Waals surface area contributed by atoms with Gasteiger partial charge in [0.2, 0.25) is 0 Å². The van der Waals surface area contributed by atoms with Gasteiger partial charge in [-0.15, -0.1) is 0 Å². The van der Waals surface area contributed by atoms with Gasteiger partial charge in [0.1, 0.15) is 0 Å². The van der Waals surface area contributed by atoms with Gasteiger partial charge in [-0.25, -0.2) is 13.8 Å². The minimum absolute atomic E-state index is 0.0216. The first-order valence-electron chi connectivity index (χ1n) is 6.65. The van der Waals surface area contributed by atoms with Gasteiger partial charge in [0.15, 0.2) is 0 Å². The second-order valence-corrected chi connectivity index (χ2v) is 4.70. The van der Waals surface area contributed by atoms with E-state index in [1.807, 2.05) is 36.4 Å². The number of fused-ring (bicyclic) bond motifs is 1. The third-order valence-electron chi connectivity index (χ3n) is 3.25. The number of alkyl halides is 2. The summed E-state index contributed by atoms with van der Waals surface area (Å²) in [5.41, 5.74) is 2.15. The van der Waals surface area contributed by atoms with Crippen molar-refractivity contribution in [3.63, 3.8) is 0 Å². The highest BCUT2D eigenvalue weighted by Gasteiger charge is 2.12. The summed E-state index contributed by atoms with van der Waals surface area (Å²) in [6, 6.07) is 18.1. The standard InChI is InChI=1S/C18H13F2N/c19-18(20)16-12-14(11-10-13-6-2-1-3-7-13)21-17-9-5-4-8-15(16)17/h1-12,18H/b11-10+. The summed E-state index contributed by atoms with van der Waals surface area (Å²) in [7, 11) is 0. The van der Waals surface area contributed by atoms with Gasteiger partial charge in [0.05, 0.1) is 11.2 Å². The van der Waals surface area contributed by atoms with Crippen LogP contribution in [0, 0.1) is 0 Å². The maximum absolute atomic E-state index is 13.2. The first-order chi connectivity index (χ1) is 10.2. The number of nitrogens with zero attached hydrogens (tertiary/aromatic N) is 1. The molecule has 0 unspecified atom stereocenters. The molecule has 1 aromatic heterocycles. The number of hydrogen-bond acceptors (Lipinski definition) is 1. The Morgan fingerprint density at radius 3 is 2.33 bits per heavy atom. The molecule has 1 heterocycles. The third kappa shape index (κ3) is 2.97. The van der Waals surface area contributed by atoms with E-state index in [2.05, 4.69) is 4.98 Å². The van der Waals surface area contributed by atoms with E-state index in [1.54, 1.807) is 30.3 Å². The lowest BCUT2D eigenvalue weighted by Crippen LogP contribution is -1.92. The monoisotopic (exact) mass is 281 g/mol. The molecule has 0 saturated carbocycles. The van der Waals surface area contributed by atoms with E-state index in [0.29, 0.717) is 16.6 Å². The molecule has 0 atom stereocenters. The van der Waals surface area contributed by atoms with Crippen LogP contribution in [0.1, 0.15) is 23.2 Å². The van der Waals surface area contributed by atoms with Crippen molar-refractivity contribution in [1.82, 2.24) is 4.98 Å². The molecule has 2 aromatic carbocycles. The molecule has 0 N–H and O–H groups in total. The SMILES string of the molecule is FC(F)c1cc(/C=C/c2ccccc2)nc2ccccc12. The lowest BCUT2D eigenvalue weighted by Gasteiger charge is -2.06. The van der Waals surface area contributed by atoms with Gasteiger partial charge in [-0.3, -0.25) is 0 Å². The van der Waals surface area contributed by atoms with Gasteiger partial charge in [-0.1, -0.05) is 54.6 Å². The average Bonchev–Trinajstić information content (AvgIpc) is 2.53. The van der Waals surface area contributed by atoms with Crippen LogP contribution in [-0.2, 0) is 0 Å². The molecule has 0 spiro atoms. The fourth-order valence-electron chi connectivity index (χ4n) is 2.24. The number of para-hydroxylation sites is 1. The molecule has 0 saturated heterocycles. The van der Waals surface area contributed by atoms with Crippen LogP contribution in [0.5, 0.6) is 0 Å². The molecule has 0 bridgehead atoms. The lowest BCUT2D eigenvalue weighted by atomic mass is 10.1. The van der Waals surface area contributed by atoms with Crippen molar-refractivity contribution in [2.45, 2.75) is 6.43 Å². The van der Waals surface area contributed by atoms with Crippen LogP contribution in [0.4, 0.5) is 8.78 Å². The maximum atomic E-state index is 13.2. The zero-order valence-electron chi connectivity index (χ0n) is 11.2. The molecule has 0 aliphatic rings. The molecule has 104 valence electrons. The highest BCUT2D eigenvalue weighted by Crippen LogP contribution is 2.28. The topological polar surface area (TPSA) is 12.9 Å². The van der Waals surface area contributed by atoms with Crippen LogP contribution in [0.25, 0.3) is 23.1 Å². The normalized spacial score (nSPS) is 11.6. The Labute approximate surface area is 121 Å². The van der Waals surface area contributed by atoms with Crippen LogP contribution in [0.2, 0.25) is 0 Å². The predicted octanol–water partition coefficient (Wildman–Crippen LogP) is 5.34. The van der Waals surface area contributed by atoms with Crippen molar-refractivity contribution in [3.05, 3.63) is 77.5 Å². The summed E-state index contributed by atoms with van der Waals surface area (Å²) in [5.74, 6) is 0. The highest BCUT2D eigenvalue weighted by atomic mass is 19.3. The van der Waals surface area contributed by atoms with Gasteiger partial charge in [-0.05, 0) is 23.8 Å². The number of pyridine rings is 1. The summed E-state index contributed by atoms with van der Waals surface area (Å²) >= 11 is 0. The van der Waals surface area contributed by atoms with Crippen LogP contribution < -0.4 is 0 Å². The molecule has 1 nitrogen and oxygen atoms in total. The largest absolute Gasteiger partial charge is 0.264 e. The van der Waals surface area contributed by atoms with Crippen LogP contribution in [0.15, 0.2) is 60.7 Å². The smallest absolute Gasteiger partial charge is 0.248 e. The molecule has 3 aromatic rings. The van der Waals surface area contributed by atoms with Crippen molar-refractivity contribution in [1.29, 1.82) is 0 Å². The fraction of sp³-hybridized carbons (Fsp3) is 0.0556. The average molecular weight is 281 g/mol. The molecule has 0 aliphatic heterocycles. The molecular weight excluding hydrogens is 268 g/mol. The molecule has 3 heteroatoms. The number of benzene rings is 2. The van der Waals surface area contributed by atoms with E-state index >= 15 is 0 Å². The maximum Gasteiger partial charge on any atom is 0.264 e. The first-order valence-corrected chi connectivity index (χ1v) is 6.65. The van der Waals surface area contributed by atoms with E-state index in [0.717, 1.165) is 5.56 Å². The molecule has 0 aliphatic carbocycles. The molecule has 0 fully saturated rings. The summed E-state index contributed by atoms with van der Waals surface area (Å²) < 4.78 is 26.4. The van der Waals surface area contributed by atoms with Crippen molar-refractivity contribution in [2.24, 2.45) is 0 Å². The van der Waals surface area contributed by atoms with Gasteiger partial charge in [0, 0.05) is 10.9 Å². The van der Waals surface area contributed by atoms with Gasteiger partial charge >= 0.3 is 0 Å². The van der Waals surface area contributed by atoms with Crippen molar-refractivity contribution in [3.8, 4) is 0 Å².